The Kier molecular flexibility index (Phi) is 3.02. The van der Waals surface area contributed by atoms with Crippen molar-refractivity contribution < 1.29 is 14.3 Å². The van der Waals surface area contributed by atoms with E-state index in [-0.39, 0.29) is 17.8 Å². The van der Waals surface area contributed by atoms with E-state index in [4.69, 9.17) is 10.8 Å². The highest BCUT2D eigenvalue weighted by atomic mass is 19.1. The van der Waals surface area contributed by atoms with Crippen LogP contribution in [0.5, 0.6) is 0 Å². The Morgan fingerprint density at radius 2 is 2.43 bits per heavy atom. The van der Waals surface area contributed by atoms with Gasteiger partial charge in [-0.25, -0.2) is 9.37 Å². The van der Waals surface area contributed by atoms with Gasteiger partial charge in [-0.2, -0.15) is 0 Å². The van der Waals surface area contributed by atoms with Gasteiger partial charge in [0.1, 0.15) is 18.1 Å². The van der Waals surface area contributed by atoms with Crippen molar-refractivity contribution in [3.05, 3.63) is 23.6 Å². The van der Waals surface area contributed by atoms with Crippen molar-refractivity contribution in [2.45, 2.75) is 6.42 Å². The van der Waals surface area contributed by atoms with Crippen molar-refractivity contribution in [3.8, 4) is 11.8 Å². The van der Waals surface area contributed by atoms with Crippen LogP contribution in [-0.2, 0) is 4.79 Å². The lowest BCUT2D eigenvalue weighted by molar-refractivity contribution is -0.135. The minimum Gasteiger partial charge on any atom is -0.481 e. The summed E-state index contributed by atoms with van der Waals surface area (Å²) in [7, 11) is 0. The molecule has 0 amide bonds. The maximum atomic E-state index is 12.6. The van der Waals surface area contributed by atoms with Crippen LogP contribution in [0.3, 0.4) is 0 Å². The molecular formula is C9H7FN2O2. The Labute approximate surface area is 79.6 Å². The zero-order chi connectivity index (χ0) is 10.6. The second-order valence-corrected chi connectivity index (χ2v) is 2.46. The van der Waals surface area contributed by atoms with E-state index >= 15 is 0 Å². The van der Waals surface area contributed by atoms with Crippen LogP contribution in [0.1, 0.15) is 12.0 Å². The van der Waals surface area contributed by atoms with E-state index in [1.54, 1.807) is 0 Å². The molecule has 5 heteroatoms. The molecule has 72 valence electrons. The number of aliphatic carboxylic acids is 1. The van der Waals surface area contributed by atoms with E-state index in [0.717, 1.165) is 12.3 Å². The van der Waals surface area contributed by atoms with Gasteiger partial charge in [0.15, 0.2) is 0 Å². The topological polar surface area (TPSA) is 76.2 Å². The lowest BCUT2D eigenvalue weighted by Gasteiger charge is -1.95. The van der Waals surface area contributed by atoms with Gasteiger partial charge in [0.25, 0.3) is 0 Å². The summed E-state index contributed by atoms with van der Waals surface area (Å²) in [4.78, 5) is 13.6. The molecule has 0 saturated carbocycles. The van der Waals surface area contributed by atoms with Crippen LogP contribution in [0.4, 0.5) is 10.2 Å². The van der Waals surface area contributed by atoms with Crippen LogP contribution in [0.25, 0.3) is 0 Å². The Morgan fingerprint density at radius 1 is 1.71 bits per heavy atom. The number of nitrogens with two attached hydrogens (primary N) is 1. The van der Waals surface area contributed by atoms with Gasteiger partial charge in [-0.15, -0.1) is 0 Å². The molecule has 0 saturated heterocycles. The Hall–Kier alpha value is -2.09. The third-order valence-corrected chi connectivity index (χ3v) is 1.35. The Balaban J connectivity index is 2.88. The van der Waals surface area contributed by atoms with Crippen LogP contribution in [0, 0.1) is 17.7 Å². The second kappa shape index (κ2) is 4.23. The number of nitrogens with zero attached hydrogens (tertiary/aromatic N) is 1. The molecule has 0 aliphatic carbocycles. The molecule has 0 unspecified atom stereocenters. The number of carbonyl (C=O) groups is 1. The minimum atomic E-state index is -1.04. The van der Waals surface area contributed by atoms with Crippen LogP contribution in [-0.4, -0.2) is 16.1 Å². The minimum absolute atomic E-state index is 0.0873. The van der Waals surface area contributed by atoms with Gasteiger partial charge in [-0.05, 0) is 6.07 Å². The van der Waals surface area contributed by atoms with Crippen LogP contribution in [0.2, 0.25) is 0 Å². The average molecular weight is 194 g/mol. The van der Waals surface area contributed by atoms with Crippen molar-refractivity contribution >= 4 is 11.8 Å². The van der Waals surface area contributed by atoms with Crippen molar-refractivity contribution in [3.63, 3.8) is 0 Å². The van der Waals surface area contributed by atoms with E-state index in [1.807, 2.05) is 0 Å². The van der Waals surface area contributed by atoms with E-state index in [9.17, 15) is 9.18 Å². The molecule has 1 aromatic rings. The quantitative estimate of drug-likeness (QED) is 0.643. The number of nitrogen functional groups attached to an aromatic ring is 1. The standard InChI is InChI=1S/C9H7FN2O2/c10-7-4-6(9(11)12-5-7)2-1-3-8(13)14/h4-5H,3H2,(H2,11,12)(H,13,14). The summed E-state index contributed by atoms with van der Waals surface area (Å²) in [6.07, 6.45) is 0.660. The summed E-state index contributed by atoms with van der Waals surface area (Å²) in [6, 6.07) is 1.11. The first-order valence-electron chi connectivity index (χ1n) is 3.71. The van der Waals surface area contributed by atoms with E-state index < -0.39 is 11.8 Å². The van der Waals surface area contributed by atoms with Gasteiger partial charge in [-0.1, -0.05) is 11.8 Å². The summed E-state index contributed by atoms with van der Waals surface area (Å²) in [5, 5.41) is 8.29. The SMILES string of the molecule is Nc1ncc(F)cc1C#CCC(=O)O. The van der Waals surface area contributed by atoms with Gasteiger partial charge < -0.3 is 10.8 Å². The van der Waals surface area contributed by atoms with Crippen LogP contribution < -0.4 is 5.73 Å². The number of hydrogen-bond acceptors (Lipinski definition) is 3. The molecule has 4 nitrogen and oxygen atoms in total. The van der Waals surface area contributed by atoms with Gasteiger partial charge in [0, 0.05) is 0 Å². The number of pyridine rings is 1. The molecule has 0 bridgehead atoms. The molecule has 14 heavy (non-hydrogen) atoms. The summed E-state index contributed by atoms with van der Waals surface area (Å²) in [5.41, 5.74) is 5.58. The molecule has 0 aromatic carbocycles. The number of halogens is 1. The summed E-state index contributed by atoms with van der Waals surface area (Å²) in [5.74, 6) is 3.25. The fourth-order valence-corrected chi connectivity index (χ4v) is 0.765. The molecule has 0 atom stereocenters. The number of carboxylic acids is 1. The van der Waals surface area contributed by atoms with E-state index in [0.29, 0.717) is 0 Å². The van der Waals surface area contributed by atoms with Crippen LogP contribution >= 0.6 is 0 Å². The smallest absolute Gasteiger partial charge is 0.315 e. The Bertz CT molecular complexity index is 421. The highest BCUT2D eigenvalue weighted by Gasteiger charge is 1.98. The third-order valence-electron chi connectivity index (χ3n) is 1.35. The van der Waals surface area contributed by atoms with Crippen molar-refractivity contribution in [2.24, 2.45) is 0 Å². The molecule has 0 aliphatic rings. The molecule has 0 aliphatic heterocycles. The summed E-state index contributed by atoms with van der Waals surface area (Å²) >= 11 is 0. The van der Waals surface area contributed by atoms with Gasteiger partial charge in [-0.3, -0.25) is 4.79 Å². The number of rotatable bonds is 1. The summed E-state index contributed by atoms with van der Waals surface area (Å²) < 4.78 is 12.6. The molecule has 1 aromatic heterocycles. The maximum Gasteiger partial charge on any atom is 0.315 e. The molecule has 0 spiro atoms. The largest absolute Gasteiger partial charge is 0.481 e. The number of hydrogen-bond donors (Lipinski definition) is 2. The first-order chi connectivity index (χ1) is 6.59. The second-order valence-electron chi connectivity index (χ2n) is 2.46. The number of anilines is 1. The normalized spacial score (nSPS) is 8.93. The van der Waals surface area contributed by atoms with Gasteiger partial charge in [0.05, 0.1) is 11.8 Å². The number of aromatic nitrogens is 1. The highest BCUT2D eigenvalue weighted by Crippen LogP contribution is 2.07. The molecule has 1 heterocycles. The zero-order valence-electron chi connectivity index (χ0n) is 7.12. The highest BCUT2D eigenvalue weighted by molar-refractivity contribution is 5.70. The lowest BCUT2D eigenvalue weighted by Crippen LogP contribution is -1.96. The van der Waals surface area contributed by atoms with Crippen molar-refractivity contribution in [1.82, 2.24) is 4.98 Å². The third kappa shape index (κ3) is 2.75. The molecule has 0 fully saturated rings. The lowest BCUT2D eigenvalue weighted by atomic mass is 10.2. The van der Waals surface area contributed by atoms with Crippen molar-refractivity contribution in [2.75, 3.05) is 5.73 Å². The van der Waals surface area contributed by atoms with Crippen LogP contribution in [0.15, 0.2) is 12.3 Å². The Morgan fingerprint density at radius 3 is 3.07 bits per heavy atom. The fraction of sp³-hybridized carbons (Fsp3) is 0.111. The maximum absolute atomic E-state index is 12.6. The molecular weight excluding hydrogens is 187 g/mol. The molecule has 3 N–H and O–H groups in total. The van der Waals surface area contributed by atoms with Gasteiger partial charge >= 0.3 is 5.97 Å². The van der Waals surface area contributed by atoms with E-state index in [1.165, 1.54) is 0 Å². The zero-order valence-corrected chi connectivity index (χ0v) is 7.12. The summed E-state index contributed by atoms with van der Waals surface area (Å²) in [6.45, 7) is 0. The van der Waals surface area contributed by atoms with Crippen molar-refractivity contribution in [1.29, 1.82) is 0 Å². The monoisotopic (exact) mass is 194 g/mol. The molecule has 1 rings (SSSR count). The number of carboxylic acid groups (broad SMARTS) is 1. The fourth-order valence-electron chi connectivity index (χ4n) is 0.765. The predicted molar refractivity (Wildman–Crippen MR) is 47.7 cm³/mol. The average Bonchev–Trinajstić information content (AvgIpc) is 2.10. The molecule has 0 radical (unpaired) electrons. The van der Waals surface area contributed by atoms with Gasteiger partial charge in [0.2, 0.25) is 0 Å². The first-order valence-corrected chi connectivity index (χ1v) is 3.71. The first kappa shape index (κ1) is 9.99. The van der Waals surface area contributed by atoms with E-state index in [2.05, 4.69) is 16.8 Å². The predicted octanol–water partition coefficient (Wildman–Crippen LogP) is 0.629.